The smallest absolute Gasteiger partial charge is 0.237 e. The average Bonchev–Trinajstić information content (AvgIpc) is 2.76. The second-order valence-corrected chi connectivity index (χ2v) is 6.83. The van der Waals surface area contributed by atoms with E-state index in [0.29, 0.717) is 11.6 Å². The molecule has 0 aromatic heterocycles. The van der Waals surface area contributed by atoms with Gasteiger partial charge < -0.3 is 10.2 Å². The standard InChI is InChI=1S/C19H18F3NO3/c1-19(2)13-4-3-5-14(22)17(13)23(18(19)26)16(15(25)9-24)10-6-11(20)8-12(21)7-10/h3-8,15-16,24-25H,9H2,1-2H3/t15-,16+/m1/s1. The SMILES string of the molecule is CC1(C)C(=O)N([C@@H](c2cc(F)cc(F)c2)[C@H](O)CO)c2c(F)cccc21. The van der Waals surface area contributed by atoms with Crippen molar-refractivity contribution in [2.24, 2.45) is 0 Å². The van der Waals surface area contributed by atoms with Crippen LogP contribution in [0.25, 0.3) is 0 Å². The van der Waals surface area contributed by atoms with E-state index in [1.807, 2.05) is 0 Å². The fraction of sp³-hybridized carbons (Fsp3) is 0.316. The summed E-state index contributed by atoms with van der Waals surface area (Å²) >= 11 is 0. The monoisotopic (exact) mass is 365 g/mol. The van der Waals surface area contributed by atoms with Gasteiger partial charge >= 0.3 is 0 Å². The second kappa shape index (κ2) is 6.41. The predicted octanol–water partition coefficient (Wildman–Crippen LogP) is 2.82. The number of aliphatic hydroxyl groups excluding tert-OH is 2. The van der Waals surface area contributed by atoms with Crippen LogP contribution in [0.3, 0.4) is 0 Å². The van der Waals surface area contributed by atoms with E-state index in [1.54, 1.807) is 19.9 Å². The summed E-state index contributed by atoms with van der Waals surface area (Å²) in [5, 5.41) is 19.7. The number of hydrogen-bond acceptors (Lipinski definition) is 3. The Balaban J connectivity index is 2.24. The van der Waals surface area contributed by atoms with Crippen LogP contribution in [0.1, 0.15) is 31.0 Å². The maximum Gasteiger partial charge on any atom is 0.237 e. The number of nitrogens with zero attached hydrogens (tertiary/aromatic N) is 1. The molecule has 2 aromatic rings. The zero-order valence-corrected chi connectivity index (χ0v) is 14.2. The average molecular weight is 365 g/mol. The van der Waals surface area contributed by atoms with Crippen LogP contribution in [0.15, 0.2) is 36.4 Å². The van der Waals surface area contributed by atoms with Crippen LogP contribution < -0.4 is 4.90 Å². The molecule has 1 aliphatic heterocycles. The van der Waals surface area contributed by atoms with Crippen molar-refractivity contribution >= 4 is 11.6 Å². The van der Waals surface area contributed by atoms with Gasteiger partial charge in [0.25, 0.3) is 0 Å². The molecular weight excluding hydrogens is 347 g/mol. The molecule has 0 saturated carbocycles. The van der Waals surface area contributed by atoms with Gasteiger partial charge in [0.15, 0.2) is 0 Å². The number of amides is 1. The zero-order valence-electron chi connectivity index (χ0n) is 14.2. The number of carbonyl (C=O) groups is 1. The second-order valence-electron chi connectivity index (χ2n) is 6.83. The van der Waals surface area contributed by atoms with Crippen LogP contribution in [-0.2, 0) is 10.2 Å². The first-order valence-electron chi connectivity index (χ1n) is 8.06. The van der Waals surface area contributed by atoms with E-state index in [-0.39, 0.29) is 11.3 Å². The fourth-order valence-corrected chi connectivity index (χ4v) is 3.44. The van der Waals surface area contributed by atoms with Gasteiger partial charge in [0.1, 0.15) is 23.6 Å². The van der Waals surface area contributed by atoms with E-state index < -0.39 is 47.5 Å². The van der Waals surface area contributed by atoms with Crippen LogP contribution in [0, 0.1) is 17.5 Å². The third-order valence-corrected chi connectivity index (χ3v) is 4.71. The summed E-state index contributed by atoms with van der Waals surface area (Å²) in [5.41, 5.74) is -0.847. The molecule has 0 radical (unpaired) electrons. The van der Waals surface area contributed by atoms with Gasteiger partial charge in [0.2, 0.25) is 5.91 Å². The third-order valence-electron chi connectivity index (χ3n) is 4.71. The summed E-state index contributed by atoms with van der Waals surface area (Å²) < 4.78 is 42.0. The van der Waals surface area contributed by atoms with Gasteiger partial charge in [-0.05, 0) is 43.2 Å². The number of benzene rings is 2. The van der Waals surface area contributed by atoms with Gasteiger partial charge in [-0.25, -0.2) is 13.2 Å². The Labute approximate surface area is 148 Å². The van der Waals surface area contributed by atoms with E-state index in [0.717, 1.165) is 23.1 Å². The largest absolute Gasteiger partial charge is 0.394 e. The summed E-state index contributed by atoms with van der Waals surface area (Å²) in [6.07, 6.45) is -1.57. The number of hydrogen-bond donors (Lipinski definition) is 2. The minimum Gasteiger partial charge on any atom is -0.394 e. The molecule has 1 aliphatic rings. The molecule has 0 aliphatic carbocycles. The molecule has 4 nitrogen and oxygen atoms in total. The number of aliphatic hydroxyl groups is 2. The lowest BCUT2D eigenvalue weighted by Crippen LogP contribution is -2.44. The maximum absolute atomic E-state index is 14.6. The van der Waals surface area contributed by atoms with Crippen molar-refractivity contribution in [3.8, 4) is 0 Å². The quantitative estimate of drug-likeness (QED) is 0.876. The third kappa shape index (κ3) is 2.77. The van der Waals surface area contributed by atoms with E-state index in [9.17, 15) is 28.2 Å². The van der Waals surface area contributed by atoms with Crippen molar-refractivity contribution in [1.82, 2.24) is 0 Å². The van der Waals surface area contributed by atoms with Crippen LogP contribution in [-0.4, -0.2) is 28.8 Å². The first-order chi connectivity index (χ1) is 12.2. The molecule has 7 heteroatoms. The summed E-state index contributed by atoms with van der Waals surface area (Å²) in [6, 6.07) is 5.41. The molecule has 0 unspecified atom stereocenters. The van der Waals surface area contributed by atoms with Crippen LogP contribution in [0.2, 0.25) is 0 Å². The summed E-state index contributed by atoms with van der Waals surface area (Å²) in [7, 11) is 0. The highest BCUT2D eigenvalue weighted by Crippen LogP contribution is 2.47. The Kier molecular flexibility index (Phi) is 4.54. The number of fused-ring (bicyclic) bond motifs is 1. The molecular formula is C19H18F3NO3. The summed E-state index contributed by atoms with van der Waals surface area (Å²) in [5.74, 6) is -3.06. The van der Waals surface area contributed by atoms with Gasteiger partial charge in [-0.3, -0.25) is 9.69 Å². The van der Waals surface area contributed by atoms with Crippen molar-refractivity contribution in [3.63, 3.8) is 0 Å². The van der Waals surface area contributed by atoms with Crippen LogP contribution in [0.5, 0.6) is 0 Å². The minimum atomic E-state index is -1.57. The Bertz CT molecular complexity index is 849. The molecule has 0 saturated heterocycles. The predicted molar refractivity (Wildman–Crippen MR) is 89.1 cm³/mol. The molecule has 1 amide bonds. The van der Waals surface area contributed by atoms with E-state index in [2.05, 4.69) is 0 Å². The van der Waals surface area contributed by atoms with Gasteiger partial charge in [0.05, 0.1) is 23.8 Å². The highest BCUT2D eigenvalue weighted by molar-refractivity contribution is 6.08. The highest BCUT2D eigenvalue weighted by atomic mass is 19.1. The number of para-hydroxylation sites is 1. The number of carbonyl (C=O) groups excluding carboxylic acids is 1. The molecule has 2 N–H and O–H groups in total. The van der Waals surface area contributed by atoms with E-state index in [4.69, 9.17) is 0 Å². The maximum atomic E-state index is 14.6. The van der Waals surface area contributed by atoms with Gasteiger partial charge in [-0.2, -0.15) is 0 Å². The molecule has 3 rings (SSSR count). The summed E-state index contributed by atoms with van der Waals surface area (Å²) in [6.45, 7) is 2.42. The molecule has 26 heavy (non-hydrogen) atoms. The molecule has 1 heterocycles. The topological polar surface area (TPSA) is 60.8 Å². The Hall–Kier alpha value is -2.38. The Morgan fingerprint density at radius 3 is 2.31 bits per heavy atom. The first-order valence-corrected chi connectivity index (χ1v) is 8.06. The number of rotatable bonds is 4. The normalized spacial score (nSPS) is 18.0. The lowest BCUT2D eigenvalue weighted by atomic mass is 9.86. The van der Waals surface area contributed by atoms with E-state index >= 15 is 0 Å². The van der Waals surface area contributed by atoms with Crippen molar-refractivity contribution in [1.29, 1.82) is 0 Å². The van der Waals surface area contributed by atoms with Gasteiger partial charge in [-0.1, -0.05) is 12.1 Å². The van der Waals surface area contributed by atoms with E-state index in [1.165, 1.54) is 6.07 Å². The molecule has 2 aromatic carbocycles. The lowest BCUT2D eigenvalue weighted by Gasteiger charge is -2.33. The van der Waals surface area contributed by atoms with Crippen LogP contribution >= 0.6 is 0 Å². The van der Waals surface area contributed by atoms with Crippen LogP contribution in [0.4, 0.5) is 18.9 Å². The Morgan fingerprint density at radius 2 is 1.73 bits per heavy atom. The summed E-state index contributed by atoms with van der Waals surface area (Å²) in [4.78, 5) is 14.0. The fourth-order valence-electron chi connectivity index (χ4n) is 3.44. The van der Waals surface area contributed by atoms with Gasteiger partial charge in [0, 0.05) is 6.07 Å². The van der Waals surface area contributed by atoms with Crippen molar-refractivity contribution in [2.45, 2.75) is 31.4 Å². The number of halogens is 3. The van der Waals surface area contributed by atoms with Crippen molar-refractivity contribution < 1.29 is 28.2 Å². The first kappa shape index (κ1) is 18.4. The lowest BCUT2D eigenvalue weighted by molar-refractivity contribution is -0.123. The molecule has 2 atom stereocenters. The Morgan fingerprint density at radius 1 is 1.12 bits per heavy atom. The molecule has 138 valence electrons. The van der Waals surface area contributed by atoms with Crippen molar-refractivity contribution in [3.05, 3.63) is 65.0 Å². The van der Waals surface area contributed by atoms with Crippen molar-refractivity contribution in [2.75, 3.05) is 11.5 Å². The van der Waals surface area contributed by atoms with Gasteiger partial charge in [-0.15, -0.1) is 0 Å². The molecule has 0 fully saturated rings. The highest BCUT2D eigenvalue weighted by Gasteiger charge is 2.49. The number of anilines is 1. The minimum absolute atomic E-state index is 0.0651. The molecule has 0 bridgehead atoms. The zero-order chi connectivity index (χ0) is 19.2. The molecule has 0 spiro atoms.